The van der Waals surface area contributed by atoms with Gasteiger partial charge in [0.05, 0.1) is 23.6 Å². The number of pyridine rings is 1. The van der Waals surface area contributed by atoms with Gasteiger partial charge < -0.3 is 25.9 Å². The molecule has 1 aromatic carbocycles. The number of benzene rings is 1. The SMILES string of the molecule is CNN/C=C(\N)c1ccc(Cc2cc(C(=O)NC3CCOCC3)c3c(c2C)CCO3)cn1. The Hall–Kier alpha value is -3.10. The summed E-state index contributed by atoms with van der Waals surface area (Å²) in [6.07, 6.45) is 6.68. The van der Waals surface area contributed by atoms with Gasteiger partial charge in [-0.2, -0.15) is 0 Å². The van der Waals surface area contributed by atoms with Gasteiger partial charge in [-0.25, -0.2) is 5.43 Å². The molecule has 170 valence electrons. The second-order valence-corrected chi connectivity index (χ2v) is 8.20. The third-order valence-corrected chi connectivity index (χ3v) is 6.06. The molecule has 1 saturated heterocycles. The number of fused-ring (bicyclic) bond motifs is 1. The van der Waals surface area contributed by atoms with Crippen molar-refractivity contribution in [1.82, 2.24) is 21.2 Å². The molecule has 1 amide bonds. The predicted molar refractivity (Wildman–Crippen MR) is 123 cm³/mol. The zero-order chi connectivity index (χ0) is 22.5. The first-order valence-electron chi connectivity index (χ1n) is 11.1. The average Bonchev–Trinajstić information content (AvgIpc) is 3.31. The first-order valence-corrected chi connectivity index (χ1v) is 11.1. The van der Waals surface area contributed by atoms with Crippen LogP contribution in [-0.2, 0) is 17.6 Å². The lowest BCUT2D eigenvalue weighted by Crippen LogP contribution is -2.39. The molecule has 1 aromatic heterocycles. The first-order chi connectivity index (χ1) is 15.6. The summed E-state index contributed by atoms with van der Waals surface area (Å²) in [4.78, 5) is 17.6. The molecule has 0 bridgehead atoms. The Balaban J connectivity index is 1.56. The Labute approximate surface area is 188 Å². The largest absolute Gasteiger partial charge is 0.492 e. The normalized spacial score (nSPS) is 16.4. The minimum Gasteiger partial charge on any atom is -0.492 e. The molecule has 32 heavy (non-hydrogen) atoms. The summed E-state index contributed by atoms with van der Waals surface area (Å²) >= 11 is 0. The molecule has 3 heterocycles. The van der Waals surface area contributed by atoms with Crippen LogP contribution in [0.2, 0.25) is 0 Å². The molecule has 0 aliphatic carbocycles. The van der Waals surface area contributed by atoms with Crippen molar-refractivity contribution in [2.75, 3.05) is 26.9 Å². The van der Waals surface area contributed by atoms with E-state index in [-0.39, 0.29) is 11.9 Å². The van der Waals surface area contributed by atoms with E-state index in [0.717, 1.165) is 41.7 Å². The molecule has 0 atom stereocenters. The number of hydrogen-bond donors (Lipinski definition) is 4. The van der Waals surface area contributed by atoms with Gasteiger partial charge >= 0.3 is 0 Å². The van der Waals surface area contributed by atoms with E-state index in [1.54, 1.807) is 13.2 Å². The lowest BCUT2D eigenvalue weighted by Gasteiger charge is -2.24. The van der Waals surface area contributed by atoms with E-state index >= 15 is 0 Å². The van der Waals surface area contributed by atoms with E-state index in [9.17, 15) is 4.79 Å². The highest BCUT2D eigenvalue weighted by Gasteiger charge is 2.26. The van der Waals surface area contributed by atoms with Crippen molar-refractivity contribution in [3.63, 3.8) is 0 Å². The number of rotatable bonds is 7. The summed E-state index contributed by atoms with van der Waals surface area (Å²) in [6.45, 7) is 4.09. The van der Waals surface area contributed by atoms with Gasteiger partial charge in [-0.3, -0.25) is 9.78 Å². The molecule has 0 saturated carbocycles. The Morgan fingerprint density at radius 1 is 1.28 bits per heavy atom. The van der Waals surface area contributed by atoms with Gasteiger partial charge in [0.1, 0.15) is 5.75 Å². The quantitative estimate of drug-likeness (QED) is 0.489. The molecular formula is C24H31N5O3. The molecule has 4 rings (SSSR count). The van der Waals surface area contributed by atoms with E-state index < -0.39 is 0 Å². The van der Waals surface area contributed by atoms with Crippen LogP contribution in [0.25, 0.3) is 5.70 Å². The Morgan fingerprint density at radius 3 is 2.81 bits per heavy atom. The number of aromatic nitrogens is 1. The van der Waals surface area contributed by atoms with Gasteiger partial charge in [0.15, 0.2) is 0 Å². The van der Waals surface area contributed by atoms with Crippen molar-refractivity contribution in [2.45, 2.75) is 38.6 Å². The van der Waals surface area contributed by atoms with Crippen LogP contribution in [0.3, 0.4) is 0 Å². The molecule has 2 aliphatic heterocycles. The van der Waals surface area contributed by atoms with Crippen LogP contribution in [0.15, 0.2) is 30.6 Å². The first kappa shape index (κ1) is 22.1. The van der Waals surface area contributed by atoms with Gasteiger partial charge in [0, 0.05) is 50.7 Å². The maximum absolute atomic E-state index is 13.1. The second kappa shape index (κ2) is 10.0. The van der Waals surface area contributed by atoms with E-state index in [1.807, 2.05) is 24.4 Å². The molecule has 8 nitrogen and oxygen atoms in total. The number of carbonyl (C=O) groups is 1. The van der Waals surface area contributed by atoms with Crippen molar-refractivity contribution in [1.29, 1.82) is 0 Å². The van der Waals surface area contributed by atoms with Crippen molar-refractivity contribution in [2.24, 2.45) is 5.73 Å². The Bertz CT molecular complexity index is 998. The zero-order valence-electron chi connectivity index (χ0n) is 18.7. The number of nitrogens with two attached hydrogens (primary N) is 1. The maximum atomic E-state index is 13.1. The highest BCUT2D eigenvalue weighted by Crippen LogP contribution is 2.35. The lowest BCUT2D eigenvalue weighted by atomic mass is 9.92. The topological polar surface area (TPSA) is 111 Å². The second-order valence-electron chi connectivity index (χ2n) is 8.20. The van der Waals surface area contributed by atoms with Gasteiger partial charge in [-0.05, 0) is 55.0 Å². The van der Waals surface area contributed by atoms with Crippen molar-refractivity contribution >= 4 is 11.6 Å². The number of nitrogens with one attached hydrogen (secondary N) is 3. The van der Waals surface area contributed by atoms with Crippen LogP contribution in [0.5, 0.6) is 5.75 Å². The highest BCUT2D eigenvalue weighted by molar-refractivity contribution is 5.98. The van der Waals surface area contributed by atoms with Gasteiger partial charge in [-0.1, -0.05) is 6.07 Å². The van der Waals surface area contributed by atoms with E-state index in [4.69, 9.17) is 15.2 Å². The van der Waals surface area contributed by atoms with E-state index in [2.05, 4.69) is 28.1 Å². The zero-order valence-corrected chi connectivity index (χ0v) is 18.7. The molecule has 5 N–H and O–H groups in total. The molecule has 1 fully saturated rings. The van der Waals surface area contributed by atoms with Gasteiger partial charge in [0.2, 0.25) is 0 Å². The molecular weight excluding hydrogens is 406 g/mol. The Kier molecular flexibility index (Phi) is 6.92. The minimum absolute atomic E-state index is 0.0697. The molecule has 0 unspecified atom stereocenters. The summed E-state index contributed by atoms with van der Waals surface area (Å²) in [5, 5.41) is 3.17. The fourth-order valence-electron chi connectivity index (χ4n) is 4.20. The van der Waals surface area contributed by atoms with Crippen LogP contribution in [0.1, 0.15) is 51.1 Å². The third kappa shape index (κ3) is 4.87. The van der Waals surface area contributed by atoms with Crippen molar-refractivity contribution in [3.05, 3.63) is 64.1 Å². The van der Waals surface area contributed by atoms with Gasteiger partial charge in [-0.15, -0.1) is 0 Å². The number of hydrogen-bond acceptors (Lipinski definition) is 7. The van der Waals surface area contributed by atoms with Crippen molar-refractivity contribution in [3.8, 4) is 5.75 Å². The minimum atomic E-state index is -0.0697. The standard InChI is InChI=1S/C24H31N5O3/c1-15-17(11-16-3-4-22(27-13-16)21(25)14-28-26-2)12-20(23-19(15)7-10-32-23)24(30)29-18-5-8-31-9-6-18/h3-4,12-14,18,26,28H,5-11,25H2,1-2H3,(H,29,30)/b21-14-. The fraction of sp³-hybridized carbons (Fsp3) is 0.417. The summed E-state index contributed by atoms with van der Waals surface area (Å²) in [7, 11) is 1.77. The number of carbonyl (C=O) groups excluding carboxylic acids is 1. The summed E-state index contributed by atoms with van der Waals surface area (Å²) in [5.74, 6) is 0.666. The smallest absolute Gasteiger partial charge is 0.255 e. The number of nitrogens with zero attached hydrogens (tertiary/aromatic N) is 1. The maximum Gasteiger partial charge on any atom is 0.255 e. The molecule has 2 aromatic rings. The average molecular weight is 438 g/mol. The number of amides is 1. The van der Waals surface area contributed by atoms with Crippen LogP contribution in [0, 0.1) is 6.92 Å². The fourth-order valence-corrected chi connectivity index (χ4v) is 4.20. The Morgan fingerprint density at radius 2 is 2.09 bits per heavy atom. The third-order valence-electron chi connectivity index (χ3n) is 6.06. The monoisotopic (exact) mass is 437 g/mol. The summed E-state index contributed by atoms with van der Waals surface area (Å²) in [5.41, 5.74) is 18.0. The van der Waals surface area contributed by atoms with Crippen LogP contribution in [0.4, 0.5) is 0 Å². The van der Waals surface area contributed by atoms with E-state index in [0.29, 0.717) is 43.2 Å². The van der Waals surface area contributed by atoms with Crippen molar-refractivity contribution < 1.29 is 14.3 Å². The lowest BCUT2D eigenvalue weighted by molar-refractivity contribution is 0.0695. The molecule has 8 heteroatoms. The highest BCUT2D eigenvalue weighted by atomic mass is 16.5. The molecule has 0 spiro atoms. The van der Waals surface area contributed by atoms with E-state index in [1.165, 1.54) is 5.56 Å². The summed E-state index contributed by atoms with van der Waals surface area (Å²) < 4.78 is 11.3. The number of hydrazine groups is 1. The predicted octanol–water partition coefficient (Wildman–Crippen LogP) is 1.81. The molecule has 2 aliphatic rings. The number of ether oxygens (including phenoxy) is 2. The molecule has 0 radical (unpaired) electrons. The summed E-state index contributed by atoms with van der Waals surface area (Å²) in [6, 6.07) is 6.05. The van der Waals surface area contributed by atoms with Gasteiger partial charge in [0.25, 0.3) is 5.91 Å². The van der Waals surface area contributed by atoms with Crippen LogP contribution >= 0.6 is 0 Å². The van der Waals surface area contributed by atoms with Crippen LogP contribution < -0.4 is 26.6 Å². The van der Waals surface area contributed by atoms with Crippen LogP contribution in [-0.4, -0.2) is 43.8 Å².